The molecule has 4 aliphatic rings. The van der Waals surface area contributed by atoms with Gasteiger partial charge in [0.15, 0.2) is 0 Å². The number of rotatable bonds is 8. The van der Waals surface area contributed by atoms with E-state index in [1.165, 1.54) is 0 Å². The lowest BCUT2D eigenvalue weighted by Crippen LogP contribution is -2.57. The van der Waals surface area contributed by atoms with Crippen molar-refractivity contribution >= 4 is 44.3 Å². The predicted molar refractivity (Wildman–Crippen MR) is 188 cm³/mol. The number of benzene rings is 2. The number of pyridine rings is 1. The Labute approximate surface area is 292 Å². The minimum Gasteiger partial charge on any atom is -0.497 e. The maximum absolute atomic E-state index is 14.5. The fourth-order valence-electron chi connectivity index (χ4n) is 7.09. The van der Waals surface area contributed by atoms with Crippen molar-refractivity contribution in [2.75, 3.05) is 19.0 Å². The second-order valence-electron chi connectivity index (χ2n) is 13.8. The molecule has 7 rings (SSSR count). The summed E-state index contributed by atoms with van der Waals surface area (Å²) in [5, 5.41) is 6.52. The Bertz CT molecular complexity index is 1900. The summed E-state index contributed by atoms with van der Waals surface area (Å²) >= 11 is 0. The third-order valence-corrected chi connectivity index (χ3v) is 12.0. The van der Waals surface area contributed by atoms with Gasteiger partial charge >= 0.3 is 0 Å². The molecule has 1 saturated heterocycles. The Balaban J connectivity index is 1.19. The number of fused-ring (bicyclic) bond motifs is 3. The summed E-state index contributed by atoms with van der Waals surface area (Å²) in [5.74, 6) is -0.634. The fourth-order valence-corrected chi connectivity index (χ4v) is 8.46. The summed E-state index contributed by atoms with van der Waals surface area (Å²) < 4.78 is 39.7. The zero-order valence-electron chi connectivity index (χ0n) is 28.0. The van der Waals surface area contributed by atoms with E-state index < -0.39 is 50.8 Å². The second kappa shape index (κ2) is 13.9. The van der Waals surface area contributed by atoms with Crippen LogP contribution in [0.4, 0.5) is 5.69 Å². The van der Waals surface area contributed by atoms with Crippen molar-refractivity contribution in [1.82, 2.24) is 19.9 Å². The van der Waals surface area contributed by atoms with Crippen molar-refractivity contribution in [2.24, 2.45) is 5.92 Å². The van der Waals surface area contributed by atoms with Gasteiger partial charge < -0.3 is 25.0 Å². The molecule has 2 saturated carbocycles. The number of sulfonamides is 1. The molecule has 13 heteroatoms. The van der Waals surface area contributed by atoms with E-state index in [2.05, 4.69) is 20.3 Å². The summed E-state index contributed by atoms with van der Waals surface area (Å²) in [6, 6.07) is 15.2. The molecule has 5 atom stereocenters. The van der Waals surface area contributed by atoms with Gasteiger partial charge in [0, 0.05) is 35.7 Å². The minimum absolute atomic E-state index is 0.141. The lowest BCUT2D eigenvalue weighted by molar-refractivity contribution is -0.140. The first-order chi connectivity index (χ1) is 24.2. The number of aromatic nitrogens is 1. The molecule has 0 radical (unpaired) electrons. The number of hydrogen-bond acceptors (Lipinski definition) is 9. The molecule has 0 spiro atoms. The highest BCUT2D eigenvalue weighted by atomic mass is 32.2. The van der Waals surface area contributed by atoms with Gasteiger partial charge in [0.1, 0.15) is 35.2 Å². The average molecular weight is 702 g/mol. The SMILES string of the molecule is COc1ccc2c(O[C@@H]3C[C@H]4C(=O)N[C@]5(C(=O)NS(=O)(=O)C6CC6)C[C@H]5/C=C\CCCCC[C@H](Nc5ccccc5)C(=O)N4C3)ccnc2c1. The van der Waals surface area contributed by atoms with Crippen molar-refractivity contribution < 1.29 is 32.3 Å². The molecule has 50 heavy (non-hydrogen) atoms. The van der Waals surface area contributed by atoms with Gasteiger partial charge in [-0.25, -0.2) is 8.42 Å². The van der Waals surface area contributed by atoms with Gasteiger partial charge in [0.05, 0.1) is 24.4 Å². The van der Waals surface area contributed by atoms with Crippen molar-refractivity contribution in [2.45, 2.75) is 86.8 Å². The Morgan fingerprint density at radius 2 is 1.86 bits per heavy atom. The quantitative estimate of drug-likeness (QED) is 0.295. The van der Waals surface area contributed by atoms with E-state index in [-0.39, 0.29) is 31.2 Å². The van der Waals surface area contributed by atoms with E-state index in [0.29, 0.717) is 36.3 Å². The van der Waals surface area contributed by atoms with Gasteiger partial charge in [-0.05, 0) is 68.9 Å². The van der Waals surface area contributed by atoms with E-state index in [4.69, 9.17) is 9.47 Å². The maximum Gasteiger partial charge on any atom is 0.259 e. The number of hydrogen-bond donors (Lipinski definition) is 3. The number of amides is 3. The van der Waals surface area contributed by atoms with Gasteiger partial charge in [-0.15, -0.1) is 0 Å². The number of nitrogens with one attached hydrogen (secondary N) is 3. The van der Waals surface area contributed by atoms with Crippen LogP contribution < -0.4 is 24.8 Å². The fraction of sp³-hybridized carbons (Fsp3) is 0.459. The van der Waals surface area contributed by atoms with Crippen LogP contribution in [0.3, 0.4) is 0 Å². The Kier molecular flexibility index (Phi) is 9.42. The number of ether oxygens (including phenoxy) is 2. The molecule has 3 N–H and O–H groups in total. The summed E-state index contributed by atoms with van der Waals surface area (Å²) in [5.41, 5.74) is 0.0510. The molecule has 12 nitrogen and oxygen atoms in total. The van der Waals surface area contributed by atoms with Gasteiger partial charge in [-0.1, -0.05) is 43.2 Å². The lowest BCUT2D eigenvalue weighted by atomic mass is 10.0. The molecule has 264 valence electrons. The molecule has 3 aromatic rings. The molecule has 3 amide bonds. The molecule has 2 aliphatic heterocycles. The average Bonchev–Trinajstić information content (AvgIpc) is 4.04. The van der Waals surface area contributed by atoms with Gasteiger partial charge in [0.2, 0.25) is 21.8 Å². The summed E-state index contributed by atoms with van der Waals surface area (Å²) in [6.45, 7) is 0.141. The predicted octanol–water partition coefficient (Wildman–Crippen LogP) is 4.08. The molecule has 1 aromatic heterocycles. The molecular weight excluding hydrogens is 659 g/mol. The molecule has 2 aliphatic carbocycles. The molecule has 0 bridgehead atoms. The summed E-state index contributed by atoms with van der Waals surface area (Å²) in [6.07, 6.45) is 10.4. The third kappa shape index (κ3) is 7.14. The van der Waals surface area contributed by atoms with Gasteiger partial charge in [-0.3, -0.25) is 24.1 Å². The van der Waals surface area contributed by atoms with Crippen molar-refractivity contribution in [1.29, 1.82) is 0 Å². The van der Waals surface area contributed by atoms with Gasteiger partial charge in [0.25, 0.3) is 5.91 Å². The zero-order chi connectivity index (χ0) is 34.9. The van der Waals surface area contributed by atoms with Crippen LogP contribution in [-0.4, -0.2) is 78.7 Å². The van der Waals surface area contributed by atoms with Crippen LogP contribution in [0.15, 0.2) is 72.9 Å². The van der Waals surface area contributed by atoms with Gasteiger partial charge in [-0.2, -0.15) is 0 Å². The van der Waals surface area contributed by atoms with Crippen LogP contribution in [0.5, 0.6) is 11.5 Å². The number of anilines is 1. The highest BCUT2D eigenvalue weighted by Crippen LogP contribution is 2.46. The first kappa shape index (κ1) is 33.8. The lowest BCUT2D eigenvalue weighted by Gasteiger charge is -2.30. The number of methoxy groups -OCH3 is 1. The second-order valence-corrected chi connectivity index (χ2v) is 15.7. The van der Waals surface area contributed by atoms with Crippen LogP contribution in [0.25, 0.3) is 10.9 Å². The first-order valence-corrected chi connectivity index (χ1v) is 19.0. The Morgan fingerprint density at radius 3 is 2.64 bits per heavy atom. The molecule has 0 unspecified atom stereocenters. The first-order valence-electron chi connectivity index (χ1n) is 17.4. The Morgan fingerprint density at radius 1 is 1.04 bits per heavy atom. The number of nitrogens with zero attached hydrogens (tertiary/aromatic N) is 2. The highest BCUT2D eigenvalue weighted by Gasteiger charge is 2.62. The number of carbonyl (C=O) groups excluding carboxylic acids is 3. The molecule has 2 aromatic carbocycles. The number of carbonyl (C=O) groups is 3. The summed E-state index contributed by atoms with van der Waals surface area (Å²) in [4.78, 5) is 48.5. The van der Waals surface area contributed by atoms with E-state index in [9.17, 15) is 22.8 Å². The minimum atomic E-state index is -3.84. The third-order valence-electron chi connectivity index (χ3n) is 10.2. The van der Waals surface area contributed by atoms with E-state index >= 15 is 0 Å². The van der Waals surface area contributed by atoms with E-state index in [0.717, 1.165) is 36.8 Å². The van der Waals surface area contributed by atoms with Crippen molar-refractivity contribution in [3.63, 3.8) is 0 Å². The number of para-hydroxylation sites is 1. The van der Waals surface area contributed by atoms with Crippen molar-refractivity contribution in [3.8, 4) is 11.5 Å². The van der Waals surface area contributed by atoms with Crippen LogP contribution in [0, 0.1) is 5.92 Å². The largest absolute Gasteiger partial charge is 0.497 e. The zero-order valence-corrected chi connectivity index (χ0v) is 28.9. The van der Waals surface area contributed by atoms with E-state index in [1.807, 2.05) is 60.7 Å². The molecule has 3 heterocycles. The Hall–Kier alpha value is -4.65. The van der Waals surface area contributed by atoms with Crippen molar-refractivity contribution in [3.05, 3.63) is 72.9 Å². The highest BCUT2D eigenvalue weighted by molar-refractivity contribution is 7.91. The smallest absolute Gasteiger partial charge is 0.259 e. The monoisotopic (exact) mass is 701 g/mol. The van der Waals surface area contributed by atoms with Crippen LogP contribution in [0.2, 0.25) is 0 Å². The molecular formula is C37H43N5O7S. The van der Waals surface area contributed by atoms with Crippen LogP contribution in [-0.2, 0) is 24.4 Å². The standard InChI is InChI=1S/C37H43N5O7S/c1-48-26-14-17-29-31(20-26)38-19-18-33(29)49-27-21-32-34(43)40-37(36(45)41-50(46,47)28-15-16-28)22-24(37)10-6-3-2-4-9-13-30(35(44)42(32)23-27)39-25-11-7-5-8-12-25/h5-8,10-12,14,17-20,24,27-28,30,32,39H,2-4,9,13,15-16,21-23H2,1H3,(H,40,43)(H,41,45)/b10-6-/t24-,27-,30+,32+,37-/m1/s1. The number of allylic oxidation sites excluding steroid dienone is 1. The summed E-state index contributed by atoms with van der Waals surface area (Å²) in [7, 11) is -2.25. The van der Waals surface area contributed by atoms with Crippen LogP contribution >= 0.6 is 0 Å². The topological polar surface area (TPSA) is 156 Å². The normalized spacial score (nSPS) is 27.9. The van der Waals surface area contributed by atoms with E-state index in [1.54, 1.807) is 24.3 Å². The maximum atomic E-state index is 14.5. The molecule has 3 fully saturated rings. The van der Waals surface area contributed by atoms with Crippen LogP contribution in [0.1, 0.15) is 57.8 Å².